The Hall–Kier alpha value is -2.37. The van der Waals surface area contributed by atoms with Gasteiger partial charge in [-0.2, -0.15) is 0 Å². The summed E-state index contributed by atoms with van der Waals surface area (Å²) < 4.78 is 9.49. The average Bonchev–Trinajstić information content (AvgIpc) is 3.07. The molecule has 0 amide bonds. The fourth-order valence-corrected chi connectivity index (χ4v) is 1.24. The van der Waals surface area contributed by atoms with E-state index in [0.29, 0.717) is 5.58 Å². The predicted molar refractivity (Wildman–Crippen MR) is 75.4 cm³/mol. The molecule has 0 spiro atoms. The van der Waals surface area contributed by atoms with E-state index in [1.165, 1.54) is 6.07 Å². The molecular formula is C15H16O5. The van der Waals surface area contributed by atoms with Crippen LogP contribution in [-0.4, -0.2) is 23.4 Å². The van der Waals surface area contributed by atoms with Crippen molar-refractivity contribution in [1.82, 2.24) is 0 Å². The normalized spacial score (nSPS) is 9.10. The molecule has 20 heavy (non-hydrogen) atoms. The van der Waals surface area contributed by atoms with Gasteiger partial charge in [0.2, 0.25) is 0 Å². The first-order valence-corrected chi connectivity index (χ1v) is 5.95. The number of fused-ring (bicyclic) bond motifs is 1. The van der Waals surface area contributed by atoms with Crippen LogP contribution < -0.4 is 5.63 Å². The molecule has 0 aliphatic carbocycles. The molecule has 2 N–H and O–H groups in total. The third-order valence-electron chi connectivity index (χ3n) is 2.05. The third-order valence-corrected chi connectivity index (χ3v) is 2.05. The van der Waals surface area contributed by atoms with Crippen molar-refractivity contribution >= 4 is 11.0 Å². The molecule has 2 heterocycles. The highest BCUT2D eigenvalue weighted by Crippen LogP contribution is 2.08. The zero-order chi connectivity index (χ0) is 14.6. The third kappa shape index (κ3) is 5.99. The Morgan fingerprint density at radius 3 is 2.05 bits per heavy atom. The van der Waals surface area contributed by atoms with Crippen LogP contribution in [0.3, 0.4) is 0 Å². The molecule has 0 unspecified atom stereocenters. The number of para-hydroxylation sites is 1. The molecule has 5 nitrogen and oxygen atoms in total. The predicted octanol–water partition coefficient (Wildman–Crippen LogP) is 2.04. The SMILES string of the molecule is O=c1ccc2ccccc2o1.OCCO.c1ccoc1. The second kappa shape index (κ2) is 9.55. The van der Waals surface area contributed by atoms with Crippen molar-refractivity contribution in [3.05, 3.63) is 71.5 Å². The Morgan fingerprint density at radius 2 is 1.50 bits per heavy atom. The van der Waals surface area contributed by atoms with Gasteiger partial charge in [-0.05, 0) is 24.3 Å². The topological polar surface area (TPSA) is 83.8 Å². The fourth-order valence-electron chi connectivity index (χ4n) is 1.24. The fraction of sp³-hybridized carbons (Fsp3) is 0.133. The Kier molecular flexibility index (Phi) is 7.49. The highest BCUT2D eigenvalue weighted by molar-refractivity contribution is 5.75. The maximum atomic E-state index is 10.7. The van der Waals surface area contributed by atoms with Gasteiger partial charge in [-0.3, -0.25) is 0 Å². The molecule has 106 valence electrons. The highest BCUT2D eigenvalue weighted by atomic mass is 16.4. The van der Waals surface area contributed by atoms with Crippen LogP contribution in [0, 0.1) is 0 Å². The molecule has 0 aliphatic heterocycles. The summed E-state index contributed by atoms with van der Waals surface area (Å²) in [6.07, 6.45) is 3.25. The van der Waals surface area contributed by atoms with E-state index in [1.54, 1.807) is 24.7 Å². The minimum absolute atomic E-state index is 0.125. The van der Waals surface area contributed by atoms with E-state index < -0.39 is 0 Å². The lowest BCUT2D eigenvalue weighted by molar-refractivity contribution is 0.186. The zero-order valence-electron chi connectivity index (χ0n) is 10.8. The van der Waals surface area contributed by atoms with Crippen LogP contribution in [0.1, 0.15) is 0 Å². The minimum Gasteiger partial charge on any atom is -0.473 e. The summed E-state index contributed by atoms with van der Waals surface area (Å²) in [5.74, 6) is 0. The lowest BCUT2D eigenvalue weighted by atomic mass is 10.2. The molecule has 0 bridgehead atoms. The van der Waals surface area contributed by atoms with Gasteiger partial charge in [-0.25, -0.2) is 4.79 Å². The number of aliphatic hydroxyl groups excluding tert-OH is 2. The summed E-state index contributed by atoms with van der Waals surface area (Å²) in [5, 5.41) is 16.2. The van der Waals surface area contributed by atoms with Gasteiger partial charge in [0.05, 0.1) is 25.7 Å². The van der Waals surface area contributed by atoms with E-state index in [0.717, 1.165) is 5.39 Å². The van der Waals surface area contributed by atoms with Gasteiger partial charge in [-0.15, -0.1) is 0 Å². The maximum absolute atomic E-state index is 10.7. The number of rotatable bonds is 1. The second-order valence-electron chi connectivity index (χ2n) is 3.53. The van der Waals surface area contributed by atoms with Crippen molar-refractivity contribution in [1.29, 1.82) is 0 Å². The van der Waals surface area contributed by atoms with Crippen LogP contribution >= 0.6 is 0 Å². The Bertz CT molecular complexity index is 609. The monoisotopic (exact) mass is 276 g/mol. The lowest BCUT2D eigenvalue weighted by Gasteiger charge is -1.91. The molecule has 0 atom stereocenters. The van der Waals surface area contributed by atoms with Crippen LogP contribution in [0.25, 0.3) is 11.0 Å². The zero-order valence-corrected chi connectivity index (χ0v) is 10.8. The number of benzene rings is 1. The van der Waals surface area contributed by atoms with Gasteiger partial charge in [0, 0.05) is 11.5 Å². The van der Waals surface area contributed by atoms with Crippen LogP contribution in [0.5, 0.6) is 0 Å². The summed E-state index contributed by atoms with van der Waals surface area (Å²) in [6, 6.07) is 14.3. The minimum atomic E-state index is -0.302. The smallest absolute Gasteiger partial charge is 0.336 e. The van der Waals surface area contributed by atoms with Crippen LogP contribution in [0.4, 0.5) is 0 Å². The van der Waals surface area contributed by atoms with E-state index in [2.05, 4.69) is 4.42 Å². The molecule has 1 aromatic carbocycles. The van der Waals surface area contributed by atoms with Gasteiger partial charge < -0.3 is 19.0 Å². The second-order valence-corrected chi connectivity index (χ2v) is 3.53. The Balaban J connectivity index is 0.000000185. The van der Waals surface area contributed by atoms with E-state index in [9.17, 15) is 4.79 Å². The van der Waals surface area contributed by atoms with Crippen molar-refractivity contribution in [3.63, 3.8) is 0 Å². The van der Waals surface area contributed by atoms with E-state index in [-0.39, 0.29) is 18.8 Å². The quantitative estimate of drug-likeness (QED) is 0.664. The number of aliphatic hydroxyl groups is 2. The van der Waals surface area contributed by atoms with E-state index in [1.807, 2.05) is 30.3 Å². The van der Waals surface area contributed by atoms with Crippen molar-refractivity contribution < 1.29 is 19.0 Å². The van der Waals surface area contributed by atoms with Crippen LogP contribution in [0.15, 0.2) is 74.7 Å². The first-order valence-electron chi connectivity index (χ1n) is 5.95. The number of furan rings is 1. The van der Waals surface area contributed by atoms with Crippen molar-refractivity contribution in [3.8, 4) is 0 Å². The highest BCUT2D eigenvalue weighted by Gasteiger charge is 1.92. The molecule has 0 aliphatic rings. The Labute approximate surface area is 115 Å². The molecule has 0 saturated carbocycles. The molecule has 0 fully saturated rings. The van der Waals surface area contributed by atoms with Gasteiger partial charge in [0.1, 0.15) is 5.58 Å². The molecule has 2 aromatic heterocycles. The Morgan fingerprint density at radius 1 is 0.850 bits per heavy atom. The van der Waals surface area contributed by atoms with Crippen molar-refractivity contribution in [2.24, 2.45) is 0 Å². The largest absolute Gasteiger partial charge is 0.473 e. The van der Waals surface area contributed by atoms with Gasteiger partial charge in [0.25, 0.3) is 0 Å². The molecule has 0 radical (unpaired) electrons. The number of hydrogen-bond acceptors (Lipinski definition) is 5. The van der Waals surface area contributed by atoms with E-state index in [4.69, 9.17) is 14.6 Å². The van der Waals surface area contributed by atoms with Crippen molar-refractivity contribution in [2.75, 3.05) is 13.2 Å². The van der Waals surface area contributed by atoms with Gasteiger partial charge >= 0.3 is 5.63 Å². The molecule has 5 heteroatoms. The molecule has 3 aromatic rings. The summed E-state index contributed by atoms with van der Waals surface area (Å²) in [5.41, 5.74) is 0.337. The van der Waals surface area contributed by atoms with Gasteiger partial charge in [0.15, 0.2) is 0 Å². The summed E-state index contributed by atoms with van der Waals surface area (Å²) in [6.45, 7) is -0.250. The van der Waals surface area contributed by atoms with Crippen LogP contribution in [-0.2, 0) is 0 Å². The summed E-state index contributed by atoms with van der Waals surface area (Å²) in [4.78, 5) is 10.7. The molecular weight excluding hydrogens is 260 g/mol. The maximum Gasteiger partial charge on any atom is 0.336 e. The standard InChI is InChI=1S/C9H6O2.C4H4O.C2H6O2/c10-9-6-5-7-3-1-2-4-8(7)11-9;1-2-4-5-3-1;3-1-2-4/h1-6H;1-4H;3-4H,1-2H2. The first kappa shape index (κ1) is 15.7. The van der Waals surface area contributed by atoms with Gasteiger partial charge in [-0.1, -0.05) is 18.2 Å². The molecule has 0 saturated heterocycles. The van der Waals surface area contributed by atoms with Crippen LogP contribution in [0.2, 0.25) is 0 Å². The van der Waals surface area contributed by atoms with Crippen molar-refractivity contribution in [2.45, 2.75) is 0 Å². The number of hydrogen-bond donors (Lipinski definition) is 2. The molecule has 3 rings (SSSR count). The summed E-state index contributed by atoms with van der Waals surface area (Å²) >= 11 is 0. The van der Waals surface area contributed by atoms with E-state index >= 15 is 0 Å². The first-order chi connectivity index (χ1) is 9.77. The summed E-state index contributed by atoms with van der Waals surface area (Å²) in [7, 11) is 0. The lowest BCUT2D eigenvalue weighted by Crippen LogP contribution is -1.93. The average molecular weight is 276 g/mol.